The van der Waals surface area contributed by atoms with Crippen molar-refractivity contribution >= 4 is 6.09 Å². The van der Waals surface area contributed by atoms with Crippen LogP contribution in [0, 0.1) is 5.92 Å². The average Bonchev–Trinajstić information content (AvgIpc) is 2.99. The zero-order valence-corrected chi connectivity index (χ0v) is 11.2. The Balaban J connectivity index is 1.81. The molecule has 2 aliphatic rings. The highest BCUT2D eigenvalue weighted by Gasteiger charge is 2.31. The minimum atomic E-state index is -0.395. The lowest BCUT2D eigenvalue weighted by atomic mass is 10.1. The summed E-state index contributed by atoms with van der Waals surface area (Å²) in [6.45, 7) is 8.18. The molecule has 1 aliphatic carbocycles. The van der Waals surface area contributed by atoms with Gasteiger partial charge in [-0.15, -0.1) is 0 Å². The van der Waals surface area contributed by atoms with Gasteiger partial charge in [-0.1, -0.05) is 12.8 Å². The molecule has 0 aromatic heterocycles. The van der Waals surface area contributed by atoms with Crippen LogP contribution in [0.5, 0.6) is 0 Å². The zero-order chi connectivity index (χ0) is 12.5. The van der Waals surface area contributed by atoms with Crippen LogP contribution >= 0.6 is 0 Å². The summed E-state index contributed by atoms with van der Waals surface area (Å²) in [6.07, 6.45) is 3.77. The molecule has 0 aromatic rings. The van der Waals surface area contributed by atoms with Gasteiger partial charge in [0, 0.05) is 25.7 Å². The van der Waals surface area contributed by atoms with Crippen LogP contribution in [0.15, 0.2) is 0 Å². The summed E-state index contributed by atoms with van der Waals surface area (Å²) in [4.78, 5) is 13.8. The molecule has 1 amide bonds. The van der Waals surface area contributed by atoms with Crippen LogP contribution in [-0.4, -0.2) is 42.3 Å². The van der Waals surface area contributed by atoms with E-state index in [4.69, 9.17) is 4.74 Å². The third kappa shape index (κ3) is 4.19. The molecule has 0 spiro atoms. The third-order valence-electron chi connectivity index (χ3n) is 3.22. The number of carbonyl (C=O) groups is 1. The van der Waals surface area contributed by atoms with Crippen LogP contribution in [-0.2, 0) is 4.74 Å². The van der Waals surface area contributed by atoms with E-state index in [1.54, 1.807) is 0 Å². The molecule has 98 valence electrons. The molecule has 1 heterocycles. The smallest absolute Gasteiger partial charge is 0.410 e. The lowest BCUT2D eigenvalue weighted by Gasteiger charge is -2.35. The van der Waals surface area contributed by atoms with Gasteiger partial charge in [0.1, 0.15) is 5.60 Å². The Kier molecular flexibility index (Phi) is 3.61. The number of piperazine rings is 1. The molecule has 1 N–H and O–H groups in total. The predicted molar refractivity (Wildman–Crippen MR) is 66.9 cm³/mol. The van der Waals surface area contributed by atoms with E-state index in [0.717, 1.165) is 25.6 Å². The Morgan fingerprint density at radius 3 is 2.71 bits per heavy atom. The molecule has 2 rings (SSSR count). The minimum absolute atomic E-state index is 0.167. The lowest BCUT2D eigenvalue weighted by Crippen LogP contribution is -2.53. The van der Waals surface area contributed by atoms with Crippen molar-refractivity contribution in [3.8, 4) is 0 Å². The number of carbonyl (C=O) groups excluding carboxylic acids is 1. The first-order valence-electron chi connectivity index (χ1n) is 6.65. The van der Waals surface area contributed by atoms with E-state index in [1.165, 1.54) is 19.3 Å². The minimum Gasteiger partial charge on any atom is -0.444 e. The topological polar surface area (TPSA) is 41.6 Å². The number of nitrogens with one attached hydrogen (secondary N) is 1. The fraction of sp³-hybridized carbons (Fsp3) is 0.923. The van der Waals surface area contributed by atoms with Crippen molar-refractivity contribution in [3.05, 3.63) is 0 Å². The molecule has 0 bridgehead atoms. The molecule has 4 nitrogen and oxygen atoms in total. The summed E-state index contributed by atoms with van der Waals surface area (Å²) in [6, 6.07) is 0.462. The Hall–Kier alpha value is -0.770. The van der Waals surface area contributed by atoms with E-state index in [9.17, 15) is 4.79 Å². The third-order valence-corrected chi connectivity index (χ3v) is 3.22. The molecule has 4 heteroatoms. The van der Waals surface area contributed by atoms with Crippen LogP contribution in [0.2, 0.25) is 0 Å². The van der Waals surface area contributed by atoms with Crippen molar-refractivity contribution < 1.29 is 9.53 Å². The van der Waals surface area contributed by atoms with E-state index in [1.807, 2.05) is 25.7 Å². The summed E-state index contributed by atoms with van der Waals surface area (Å²) >= 11 is 0. The molecule has 1 saturated heterocycles. The highest BCUT2D eigenvalue weighted by atomic mass is 16.6. The first kappa shape index (κ1) is 12.7. The van der Waals surface area contributed by atoms with Crippen molar-refractivity contribution in [3.63, 3.8) is 0 Å². The summed E-state index contributed by atoms with van der Waals surface area (Å²) < 4.78 is 5.41. The molecule has 0 radical (unpaired) electrons. The lowest BCUT2D eigenvalue weighted by molar-refractivity contribution is 0.0191. The summed E-state index contributed by atoms with van der Waals surface area (Å²) in [5, 5.41) is 3.49. The van der Waals surface area contributed by atoms with Gasteiger partial charge in [-0.2, -0.15) is 0 Å². The van der Waals surface area contributed by atoms with Gasteiger partial charge in [0.05, 0.1) is 0 Å². The van der Waals surface area contributed by atoms with Crippen LogP contribution in [0.25, 0.3) is 0 Å². The van der Waals surface area contributed by atoms with Gasteiger partial charge >= 0.3 is 6.09 Å². The average molecular weight is 240 g/mol. The molecule has 1 unspecified atom stereocenters. The first-order valence-corrected chi connectivity index (χ1v) is 6.65. The summed E-state index contributed by atoms with van der Waals surface area (Å²) in [7, 11) is 0. The number of amides is 1. The Morgan fingerprint density at radius 2 is 2.12 bits per heavy atom. The second-order valence-electron chi connectivity index (χ2n) is 6.26. The number of ether oxygens (including phenoxy) is 1. The number of hydrogen-bond acceptors (Lipinski definition) is 3. The van der Waals surface area contributed by atoms with Crippen LogP contribution in [0.1, 0.15) is 40.0 Å². The largest absolute Gasteiger partial charge is 0.444 e. The Morgan fingerprint density at radius 1 is 1.41 bits per heavy atom. The van der Waals surface area contributed by atoms with Gasteiger partial charge in [0.15, 0.2) is 0 Å². The fourth-order valence-electron chi connectivity index (χ4n) is 2.23. The SMILES string of the molecule is CC(C)(C)OC(=O)N1CCNC(CC2CC2)C1. The van der Waals surface area contributed by atoms with Crippen molar-refractivity contribution in [2.24, 2.45) is 5.92 Å². The second-order valence-corrected chi connectivity index (χ2v) is 6.26. The molecular weight excluding hydrogens is 216 g/mol. The van der Waals surface area contributed by atoms with Gasteiger partial charge < -0.3 is 15.0 Å². The van der Waals surface area contributed by atoms with Gasteiger partial charge in [0.25, 0.3) is 0 Å². The molecule has 1 aliphatic heterocycles. The number of hydrogen-bond donors (Lipinski definition) is 1. The van der Waals surface area contributed by atoms with Crippen LogP contribution < -0.4 is 5.32 Å². The highest BCUT2D eigenvalue weighted by Crippen LogP contribution is 2.34. The van der Waals surface area contributed by atoms with Gasteiger partial charge in [-0.05, 0) is 33.1 Å². The monoisotopic (exact) mass is 240 g/mol. The molecule has 0 aromatic carbocycles. The second kappa shape index (κ2) is 4.84. The molecule has 17 heavy (non-hydrogen) atoms. The molecular formula is C13H24N2O2. The van der Waals surface area contributed by atoms with Gasteiger partial charge in [0.2, 0.25) is 0 Å². The highest BCUT2D eigenvalue weighted by molar-refractivity contribution is 5.68. The van der Waals surface area contributed by atoms with Crippen molar-refractivity contribution in [2.75, 3.05) is 19.6 Å². The predicted octanol–water partition coefficient (Wildman–Crippen LogP) is 2.00. The standard InChI is InChI=1S/C13H24N2O2/c1-13(2,3)17-12(16)15-7-6-14-11(9-15)8-10-4-5-10/h10-11,14H,4-9H2,1-3H3. The quantitative estimate of drug-likeness (QED) is 0.802. The summed E-state index contributed by atoms with van der Waals surface area (Å²) in [5.41, 5.74) is -0.395. The maximum absolute atomic E-state index is 11.9. The van der Waals surface area contributed by atoms with E-state index in [0.29, 0.717) is 6.04 Å². The Labute approximate surface area is 104 Å². The van der Waals surface area contributed by atoms with Crippen molar-refractivity contribution in [2.45, 2.75) is 51.7 Å². The molecule has 1 saturated carbocycles. The summed E-state index contributed by atoms with van der Waals surface area (Å²) in [5.74, 6) is 0.895. The van der Waals surface area contributed by atoms with E-state index in [-0.39, 0.29) is 6.09 Å². The number of rotatable bonds is 2. The van der Waals surface area contributed by atoms with E-state index in [2.05, 4.69) is 5.32 Å². The van der Waals surface area contributed by atoms with Crippen LogP contribution in [0.4, 0.5) is 4.79 Å². The first-order chi connectivity index (χ1) is 7.94. The maximum Gasteiger partial charge on any atom is 0.410 e. The normalized spacial score (nSPS) is 25.8. The zero-order valence-electron chi connectivity index (χ0n) is 11.2. The van der Waals surface area contributed by atoms with E-state index >= 15 is 0 Å². The fourth-order valence-corrected chi connectivity index (χ4v) is 2.23. The van der Waals surface area contributed by atoms with E-state index < -0.39 is 5.60 Å². The number of nitrogens with zero attached hydrogens (tertiary/aromatic N) is 1. The van der Waals surface area contributed by atoms with Gasteiger partial charge in [-0.25, -0.2) is 4.79 Å². The molecule has 1 atom stereocenters. The van der Waals surface area contributed by atoms with Crippen molar-refractivity contribution in [1.29, 1.82) is 0 Å². The van der Waals surface area contributed by atoms with Gasteiger partial charge in [-0.3, -0.25) is 0 Å². The van der Waals surface area contributed by atoms with Crippen LogP contribution in [0.3, 0.4) is 0 Å². The Bertz CT molecular complexity index is 282. The maximum atomic E-state index is 11.9. The molecule has 2 fully saturated rings. The van der Waals surface area contributed by atoms with Crippen molar-refractivity contribution in [1.82, 2.24) is 10.2 Å².